The summed E-state index contributed by atoms with van der Waals surface area (Å²) in [5.74, 6) is -0.709. The van der Waals surface area contributed by atoms with Crippen LogP contribution in [0.4, 0.5) is 15.8 Å². The number of amides is 2. The normalized spacial score (nSPS) is 14.3. The zero-order valence-corrected chi connectivity index (χ0v) is 16.8. The Morgan fingerprint density at radius 2 is 2.00 bits per heavy atom. The van der Waals surface area contributed by atoms with Crippen molar-refractivity contribution in [2.45, 2.75) is 33.1 Å². The summed E-state index contributed by atoms with van der Waals surface area (Å²) in [6, 6.07) is 5.95. The number of aromatic nitrogens is 1. The van der Waals surface area contributed by atoms with Gasteiger partial charge in [0, 0.05) is 29.6 Å². The van der Waals surface area contributed by atoms with E-state index in [2.05, 4.69) is 34.4 Å². The van der Waals surface area contributed by atoms with Gasteiger partial charge in [0.2, 0.25) is 5.91 Å². The molecule has 0 aliphatic carbocycles. The van der Waals surface area contributed by atoms with E-state index >= 15 is 0 Å². The summed E-state index contributed by atoms with van der Waals surface area (Å²) in [5, 5.41) is 5.59. The van der Waals surface area contributed by atoms with Crippen LogP contribution in [0, 0.1) is 5.82 Å². The Hall–Kier alpha value is -2.93. The number of hydrogen-bond acceptors (Lipinski definition) is 3. The maximum absolute atomic E-state index is 13.5. The molecule has 1 aliphatic rings. The number of nitrogens with zero attached hydrogens (tertiary/aromatic N) is 1. The SMILES string of the molecule is CCN(CC)CCCCC(=O)Nc1c[nH]c(/C=C2\C(=O)Nc3ccc(F)cc32)c1. The molecule has 154 valence electrons. The van der Waals surface area contributed by atoms with Crippen molar-refractivity contribution in [3.05, 3.63) is 47.5 Å². The number of carbonyl (C=O) groups is 2. The van der Waals surface area contributed by atoms with Gasteiger partial charge in [-0.2, -0.15) is 0 Å². The highest BCUT2D eigenvalue weighted by molar-refractivity contribution is 6.34. The van der Waals surface area contributed by atoms with Crippen LogP contribution in [0.5, 0.6) is 0 Å². The van der Waals surface area contributed by atoms with Gasteiger partial charge in [0.25, 0.3) is 5.91 Å². The molecule has 7 heteroatoms. The molecule has 0 radical (unpaired) electrons. The second-order valence-corrected chi connectivity index (χ2v) is 7.08. The molecule has 2 heterocycles. The van der Waals surface area contributed by atoms with Gasteiger partial charge >= 0.3 is 0 Å². The Kier molecular flexibility index (Phi) is 6.82. The van der Waals surface area contributed by atoms with Crippen molar-refractivity contribution in [3.63, 3.8) is 0 Å². The number of carbonyl (C=O) groups excluding carboxylic acids is 2. The summed E-state index contributed by atoms with van der Waals surface area (Å²) >= 11 is 0. The first-order chi connectivity index (χ1) is 14.0. The van der Waals surface area contributed by atoms with Crippen LogP contribution in [-0.2, 0) is 9.59 Å². The van der Waals surface area contributed by atoms with Gasteiger partial charge in [0.1, 0.15) is 5.82 Å². The molecule has 0 spiro atoms. The van der Waals surface area contributed by atoms with Gasteiger partial charge in [-0.05, 0) is 62.8 Å². The van der Waals surface area contributed by atoms with Crippen molar-refractivity contribution in [2.75, 3.05) is 30.3 Å². The number of unbranched alkanes of at least 4 members (excludes halogenated alkanes) is 1. The third-order valence-electron chi connectivity index (χ3n) is 5.08. The number of fused-ring (bicyclic) bond motifs is 1. The minimum Gasteiger partial charge on any atom is -0.360 e. The monoisotopic (exact) mass is 398 g/mol. The molecule has 1 aromatic heterocycles. The molecule has 6 nitrogen and oxygen atoms in total. The number of aromatic amines is 1. The lowest BCUT2D eigenvalue weighted by atomic mass is 10.1. The molecular formula is C22H27FN4O2. The lowest BCUT2D eigenvalue weighted by molar-refractivity contribution is -0.116. The van der Waals surface area contributed by atoms with Crippen LogP contribution in [0.2, 0.25) is 0 Å². The Balaban J connectivity index is 1.56. The number of nitrogens with one attached hydrogen (secondary N) is 3. The highest BCUT2D eigenvalue weighted by Gasteiger charge is 2.24. The molecule has 0 fully saturated rings. The number of rotatable bonds is 9. The Morgan fingerprint density at radius 3 is 2.76 bits per heavy atom. The maximum Gasteiger partial charge on any atom is 0.256 e. The van der Waals surface area contributed by atoms with Crippen LogP contribution in [0.15, 0.2) is 30.5 Å². The molecule has 2 amide bonds. The van der Waals surface area contributed by atoms with E-state index in [1.807, 2.05) is 0 Å². The highest BCUT2D eigenvalue weighted by Crippen LogP contribution is 2.33. The second-order valence-electron chi connectivity index (χ2n) is 7.08. The van der Waals surface area contributed by atoms with Gasteiger partial charge in [-0.15, -0.1) is 0 Å². The quantitative estimate of drug-likeness (QED) is 0.440. The molecule has 0 bridgehead atoms. The maximum atomic E-state index is 13.5. The molecule has 2 aromatic rings. The number of hydrogen-bond donors (Lipinski definition) is 3. The van der Waals surface area contributed by atoms with Crippen molar-refractivity contribution in [1.82, 2.24) is 9.88 Å². The lowest BCUT2D eigenvalue weighted by Gasteiger charge is -2.17. The smallest absolute Gasteiger partial charge is 0.256 e. The average Bonchev–Trinajstić information content (AvgIpc) is 3.26. The van der Waals surface area contributed by atoms with Crippen LogP contribution >= 0.6 is 0 Å². The molecule has 0 saturated heterocycles. The minimum absolute atomic E-state index is 0.0335. The van der Waals surface area contributed by atoms with Crippen molar-refractivity contribution < 1.29 is 14.0 Å². The Morgan fingerprint density at radius 1 is 1.21 bits per heavy atom. The Bertz CT molecular complexity index is 915. The molecule has 1 aliphatic heterocycles. The first-order valence-electron chi connectivity index (χ1n) is 10.0. The van der Waals surface area contributed by atoms with E-state index in [4.69, 9.17) is 0 Å². The molecule has 3 N–H and O–H groups in total. The van der Waals surface area contributed by atoms with E-state index < -0.39 is 5.82 Å². The number of benzene rings is 1. The predicted molar refractivity (Wildman–Crippen MR) is 114 cm³/mol. The summed E-state index contributed by atoms with van der Waals surface area (Å²) in [6.07, 6.45) is 5.63. The van der Waals surface area contributed by atoms with E-state index in [1.54, 1.807) is 24.4 Å². The van der Waals surface area contributed by atoms with Gasteiger partial charge in [0.15, 0.2) is 0 Å². The van der Waals surface area contributed by atoms with Crippen LogP contribution in [0.25, 0.3) is 11.6 Å². The van der Waals surface area contributed by atoms with Crippen molar-refractivity contribution >= 4 is 34.8 Å². The molecule has 29 heavy (non-hydrogen) atoms. The summed E-state index contributed by atoms with van der Waals surface area (Å²) in [6.45, 7) is 7.34. The summed E-state index contributed by atoms with van der Waals surface area (Å²) in [7, 11) is 0. The summed E-state index contributed by atoms with van der Waals surface area (Å²) in [5.41, 5.74) is 2.80. The first kappa shape index (κ1) is 20.8. The van der Waals surface area contributed by atoms with Crippen LogP contribution in [-0.4, -0.2) is 41.3 Å². The third-order valence-corrected chi connectivity index (χ3v) is 5.08. The minimum atomic E-state index is -0.397. The molecule has 3 rings (SSSR count). The topological polar surface area (TPSA) is 77.2 Å². The number of halogens is 1. The van der Waals surface area contributed by atoms with Gasteiger partial charge in [-0.3, -0.25) is 9.59 Å². The summed E-state index contributed by atoms with van der Waals surface area (Å²) in [4.78, 5) is 29.7. The predicted octanol–water partition coefficient (Wildman–Crippen LogP) is 4.10. The van der Waals surface area contributed by atoms with Gasteiger partial charge in [0.05, 0.1) is 11.3 Å². The van der Waals surface area contributed by atoms with E-state index in [9.17, 15) is 14.0 Å². The molecule has 0 atom stereocenters. The highest BCUT2D eigenvalue weighted by atomic mass is 19.1. The zero-order chi connectivity index (χ0) is 20.8. The fourth-order valence-corrected chi connectivity index (χ4v) is 3.41. The number of anilines is 2. The summed E-state index contributed by atoms with van der Waals surface area (Å²) < 4.78 is 13.5. The second kappa shape index (κ2) is 9.52. The zero-order valence-electron chi connectivity index (χ0n) is 16.8. The van der Waals surface area contributed by atoms with Gasteiger partial charge < -0.3 is 20.5 Å². The van der Waals surface area contributed by atoms with Crippen LogP contribution < -0.4 is 10.6 Å². The van der Waals surface area contributed by atoms with Crippen molar-refractivity contribution in [1.29, 1.82) is 0 Å². The van der Waals surface area contributed by atoms with E-state index in [0.29, 0.717) is 34.6 Å². The largest absolute Gasteiger partial charge is 0.360 e. The fraction of sp³-hybridized carbons (Fsp3) is 0.364. The van der Waals surface area contributed by atoms with Gasteiger partial charge in [-0.1, -0.05) is 13.8 Å². The van der Waals surface area contributed by atoms with Crippen molar-refractivity contribution in [3.8, 4) is 0 Å². The van der Waals surface area contributed by atoms with Crippen LogP contribution in [0.1, 0.15) is 44.4 Å². The Labute approximate surface area is 170 Å². The number of H-pyrrole nitrogens is 1. The fourth-order valence-electron chi connectivity index (χ4n) is 3.41. The van der Waals surface area contributed by atoms with E-state index in [0.717, 1.165) is 32.5 Å². The van der Waals surface area contributed by atoms with Crippen LogP contribution in [0.3, 0.4) is 0 Å². The van der Waals surface area contributed by atoms with Crippen molar-refractivity contribution in [2.24, 2.45) is 0 Å². The van der Waals surface area contributed by atoms with E-state index in [1.165, 1.54) is 12.1 Å². The lowest BCUT2D eigenvalue weighted by Crippen LogP contribution is -2.24. The third kappa shape index (κ3) is 5.32. The molecule has 0 saturated carbocycles. The van der Waals surface area contributed by atoms with Gasteiger partial charge in [-0.25, -0.2) is 4.39 Å². The standard InChI is InChI=1S/C22H27FN4O2/c1-3-27(4-2)10-6-5-7-21(28)25-17-12-16(24-14-17)13-19-18-11-15(23)8-9-20(18)26-22(19)29/h8-9,11-14,24H,3-7,10H2,1-2H3,(H,25,28)(H,26,29)/b19-13-. The first-order valence-corrected chi connectivity index (χ1v) is 10.0. The molecule has 0 unspecified atom stereocenters. The van der Waals surface area contributed by atoms with E-state index in [-0.39, 0.29) is 11.8 Å². The average molecular weight is 398 g/mol. The molecule has 1 aromatic carbocycles. The molecular weight excluding hydrogens is 371 g/mol.